The van der Waals surface area contributed by atoms with E-state index in [2.05, 4.69) is 46.9 Å². The van der Waals surface area contributed by atoms with E-state index in [9.17, 15) is 0 Å². The lowest BCUT2D eigenvalue weighted by atomic mass is 9.93. The minimum absolute atomic E-state index is 0.0459. The maximum atomic E-state index is 6.53. The van der Waals surface area contributed by atoms with Crippen LogP contribution in [-0.2, 0) is 13.9 Å². The summed E-state index contributed by atoms with van der Waals surface area (Å²) in [4.78, 5) is 0. The standard InChI is InChI=1S/C15H28O3Si/c1-10-8-12-14(17-11(2)16-12)13(9-10)18-19(6,7)15(3,4)5/h9,11-14H,8H2,1-7H3/t11?,12-,13-,14-/m0/s1. The molecule has 3 nitrogen and oxygen atoms in total. The highest BCUT2D eigenvalue weighted by Gasteiger charge is 2.46. The van der Waals surface area contributed by atoms with Gasteiger partial charge in [0.15, 0.2) is 14.6 Å². The molecule has 4 heteroatoms. The minimum Gasteiger partial charge on any atom is -0.408 e. The van der Waals surface area contributed by atoms with Crippen molar-refractivity contribution in [3.63, 3.8) is 0 Å². The molecule has 4 atom stereocenters. The Balaban J connectivity index is 2.16. The van der Waals surface area contributed by atoms with Crippen molar-refractivity contribution in [3.05, 3.63) is 11.6 Å². The third-order valence-electron chi connectivity index (χ3n) is 4.61. The normalized spacial score (nSPS) is 36.1. The molecule has 0 radical (unpaired) electrons. The van der Waals surface area contributed by atoms with Crippen LogP contribution in [0.3, 0.4) is 0 Å². The van der Waals surface area contributed by atoms with Gasteiger partial charge in [-0.3, -0.25) is 0 Å². The van der Waals surface area contributed by atoms with Gasteiger partial charge in [-0.05, 0) is 38.4 Å². The molecule has 0 saturated carbocycles. The quantitative estimate of drug-likeness (QED) is 0.569. The topological polar surface area (TPSA) is 27.7 Å². The van der Waals surface area contributed by atoms with E-state index in [0.29, 0.717) is 0 Å². The van der Waals surface area contributed by atoms with Gasteiger partial charge in [-0.2, -0.15) is 0 Å². The van der Waals surface area contributed by atoms with Crippen LogP contribution in [0.4, 0.5) is 0 Å². The van der Waals surface area contributed by atoms with E-state index < -0.39 is 8.32 Å². The average molecular weight is 284 g/mol. The third kappa shape index (κ3) is 3.12. The number of hydrogen-bond acceptors (Lipinski definition) is 3. The van der Waals surface area contributed by atoms with Crippen molar-refractivity contribution in [1.29, 1.82) is 0 Å². The van der Waals surface area contributed by atoms with Crippen LogP contribution in [0.2, 0.25) is 18.1 Å². The second-order valence-electron chi connectivity index (χ2n) is 7.40. The van der Waals surface area contributed by atoms with E-state index >= 15 is 0 Å². The first kappa shape index (κ1) is 15.2. The van der Waals surface area contributed by atoms with Crippen LogP contribution >= 0.6 is 0 Å². The molecule has 110 valence electrons. The Bertz CT molecular complexity index is 370. The van der Waals surface area contributed by atoms with E-state index in [1.807, 2.05) is 6.92 Å². The van der Waals surface area contributed by atoms with Crippen LogP contribution in [0.5, 0.6) is 0 Å². The van der Waals surface area contributed by atoms with Crippen molar-refractivity contribution in [1.82, 2.24) is 0 Å². The number of rotatable bonds is 2. The Labute approximate surface area is 118 Å². The zero-order valence-electron chi connectivity index (χ0n) is 13.3. The maximum Gasteiger partial charge on any atom is 0.193 e. The van der Waals surface area contributed by atoms with Crippen molar-refractivity contribution in [2.24, 2.45) is 0 Å². The summed E-state index contributed by atoms with van der Waals surface area (Å²) in [6.45, 7) is 15.5. The fraction of sp³-hybridized carbons (Fsp3) is 0.867. The molecule has 1 saturated heterocycles. The molecule has 0 spiro atoms. The fourth-order valence-corrected chi connectivity index (χ4v) is 3.73. The van der Waals surface area contributed by atoms with Crippen molar-refractivity contribution >= 4 is 8.32 Å². The van der Waals surface area contributed by atoms with Gasteiger partial charge in [0.1, 0.15) is 6.10 Å². The highest BCUT2D eigenvalue weighted by atomic mass is 28.4. The monoisotopic (exact) mass is 284 g/mol. The second kappa shape index (κ2) is 4.99. The smallest absolute Gasteiger partial charge is 0.193 e. The number of hydrogen-bond donors (Lipinski definition) is 0. The van der Waals surface area contributed by atoms with E-state index in [1.165, 1.54) is 5.57 Å². The largest absolute Gasteiger partial charge is 0.408 e. The van der Waals surface area contributed by atoms with Crippen molar-refractivity contribution in [2.75, 3.05) is 0 Å². The first-order chi connectivity index (χ1) is 8.60. The van der Waals surface area contributed by atoms with Crippen molar-refractivity contribution < 1.29 is 13.9 Å². The van der Waals surface area contributed by atoms with Gasteiger partial charge in [-0.1, -0.05) is 32.4 Å². The van der Waals surface area contributed by atoms with E-state index in [-0.39, 0.29) is 29.6 Å². The summed E-state index contributed by atoms with van der Waals surface area (Å²) in [6, 6.07) is 0. The summed E-state index contributed by atoms with van der Waals surface area (Å²) in [5.41, 5.74) is 1.35. The van der Waals surface area contributed by atoms with Crippen LogP contribution in [0.1, 0.15) is 41.0 Å². The van der Waals surface area contributed by atoms with Crippen LogP contribution in [0.25, 0.3) is 0 Å². The SMILES string of the molecule is CC1=C[C@H](O[Si](C)(C)C(C)(C)C)[C@H]2OC(C)O[C@H]2C1. The molecule has 1 fully saturated rings. The first-order valence-electron chi connectivity index (χ1n) is 7.26. The van der Waals surface area contributed by atoms with Gasteiger partial charge in [0.2, 0.25) is 0 Å². The number of ether oxygens (including phenoxy) is 2. The highest BCUT2D eigenvalue weighted by molar-refractivity contribution is 6.74. The van der Waals surface area contributed by atoms with Gasteiger partial charge in [0.25, 0.3) is 0 Å². The zero-order valence-corrected chi connectivity index (χ0v) is 14.3. The Hall–Kier alpha value is -0.163. The summed E-state index contributed by atoms with van der Waals surface area (Å²) in [6.07, 6.45) is 3.36. The highest BCUT2D eigenvalue weighted by Crippen LogP contribution is 2.40. The van der Waals surface area contributed by atoms with E-state index in [4.69, 9.17) is 13.9 Å². The Kier molecular flexibility index (Phi) is 4.00. The van der Waals surface area contributed by atoms with E-state index in [0.717, 1.165) is 6.42 Å². The molecule has 1 aliphatic carbocycles. The minimum atomic E-state index is -1.78. The lowest BCUT2D eigenvalue weighted by molar-refractivity contribution is -0.0606. The van der Waals surface area contributed by atoms with E-state index in [1.54, 1.807) is 0 Å². The Morgan fingerprint density at radius 1 is 1.26 bits per heavy atom. The third-order valence-corrected chi connectivity index (χ3v) is 9.09. The van der Waals surface area contributed by atoms with Crippen molar-refractivity contribution in [2.45, 2.75) is 83.8 Å². The predicted octanol–water partition coefficient (Wildman–Crippen LogP) is 3.86. The molecule has 0 aromatic carbocycles. The lowest BCUT2D eigenvalue weighted by Gasteiger charge is -2.41. The molecule has 0 aromatic rings. The molecule has 0 aromatic heterocycles. The summed E-state index contributed by atoms with van der Waals surface area (Å²) >= 11 is 0. The molecule has 19 heavy (non-hydrogen) atoms. The molecule has 0 bridgehead atoms. The molecule has 0 N–H and O–H groups in total. The van der Waals surface area contributed by atoms with Gasteiger partial charge >= 0.3 is 0 Å². The van der Waals surface area contributed by atoms with Gasteiger partial charge in [-0.25, -0.2) is 0 Å². The summed E-state index contributed by atoms with van der Waals surface area (Å²) < 4.78 is 18.3. The van der Waals surface area contributed by atoms with Crippen LogP contribution in [-0.4, -0.2) is 32.9 Å². The second-order valence-corrected chi connectivity index (χ2v) is 12.2. The fourth-order valence-electron chi connectivity index (χ4n) is 2.50. The average Bonchev–Trinajstić information content (AvgIpc) is 2.56. The Morgan fingerprint density at radius 3 is 2.47 bits per heavy atom. The van der Waals surface area contributed by atoms with Gasteiger partial charge in [-0.15, -0.1) is 0 Å². The van der Waals surface area contributed by atoms with Gasteiger partial charge in [0.05, 0.1) is 12.2 Å². The molecule has 1 aliphatic heterocycles. The molecular formula is C15H28O3Si. The van der Waals surface area contributed by atoms with Gasteiger partial charge < -0.3 is 13.9 Å². The first-order valence-corrected chi connectivity index (χ1v) is 10.2. The predicted molar refractivity (Wildman–Crippen MR) is 79.7 cm³/mol. The molecule has 1 heterocycles. The van der Waals surface area contributed by atoms with Crippen LogP contribution in [0.15, 0.2) is 11.6 Å². The summed E-state index contributed by atoms with van der Waals surface area (Å²) in [5.74, 6) is 0. The lowest BCUT2D eigenvalue weighted by Crippen LogP contribution is -2.49. The van der Waals surface area contributed by atoms with Gasteiger partial charge in [0, 0.05) is 0 Å². The summed E-state index contributed by atoms with van der Waals surface area (Å²) in [7, 11) is -1.78. The zero-order chi connectivity index (χ0) is 14.4. The molecule has 2 aliphatic rings. The van der Waals surface area contributed by atoms with Crippen LogP contribution < -0.4 is 0 Å². The molecule has 1 unspecified atom stereocenters. The summed E-state index contributed by atoms with van der Waals surface area (Å²) in [5, 5.41) is 0.215. The molecule has 2 rings (SSSR count). The number of fused-ring (bicyclic) bond motifs is 1. The Morgan fingerprint density at radius 2 is 1.89 bits per heavy atom. The van der Waals surface area contributed by atoms with Crippen molar-refractivity contribution in [3.8, 4) is 0 Å². The maximum absolute atomic E-state index is 6.53. The molecular weight excluding hydrogens is 256 g/mol. The van der Waals surface area contributed by atoms with Crippen LogP contribution in [0, 0.1) is 0 Å². The molecule has 0 amide bonds.